The number of carbonyl (C=O) groups excluding carboxylic acids is 2. The van der Waals surface area contributed by atoms with Gasteiger partial charge in [0.05, 0.1) is 12.7 Å². The van der Waals surface area contributed by atoms with Gasteiger partial charge in [0, 0.05) is 16.4 Å². The average molecular weight is 335 g/mol. The van der Waals surface area contributed by atoms with Crippen LogP contribution < -0.4 is 10.9 Å². The minimum Gasteiger partial charge on any atom is -0.465 e. The fourth-order valence-electron chi connectivity index (χ4n) is 2.03. The Morgan fingerprint density at radius 1 is 1.17 bits per heavy atom. The third-order valence-electron chi connectivity index (χ3n) is 3.34. The molecular weight excluding hydrogens is 320 g/mol. The number of esters is 1. The highest BCUT2D eigenvalue weighted by Gasteiger charge is 2.18. The highest BCUT2D eigenvalue weighted by atomic mass is 35.5. The van der Waals surface area contributed by atoms with Gasteiger partial charge in [-0.15, -0.1) is 0 Å². The second-order valence-electron chi connectivity index (χ2n) is 4.96. The lowest BCUT2D eigenvalue weighted by molar-refractivity contribution is 0.0599. The van der Waals surface area contributed by atoms with Crippen LogP contribution in [0.5, 0.6) is 0 Å². The van der Waals surface area contributed by atoms with E-state index in [-0.39, 0.29) is 11.1 Å². The number of aromatic amines is 1. The maximum Gasteiger partial charge on any atom is 0.339 e. The quantitative estimate of drug-likeness (QED) is 0.845. The van der Waals surface area contributed by atoms with Gasteiger partial charge in [0.25, 0.3) is 11.5 Å². The summed E-state index contributed by atoms with van der Waals surface area (Å²) in [7, 11) is 1.22. The Labute approximate surface area is 137 Å². The van der Waals surface area contributed by atoms with Gasteiger partial charge < -0.3 is 15.0 Å². The highest BCUT2D eigenvalue weighted by molar-refractivity contribution is 6.31. The smallest absolute Gasteiger partial charge is 0.339 e. The van der Waals surface area contributed by atoms with E-state index in [4.69, 9.17) is 11.6 Å². The number of anilines is 1. The Bertz CT molecular complexity index is 842. The Balaban J connectivity index is 2.41. The molecule has 0 spiro atoms. The van der Waals surface area contributed by atoms with E-state index in [9.17, 15) is 14.4 Å². The molecule has 0 fully saturated rings. The second kappa shape index (κ2) is 6.66. The number of H-pyrrole nitrogens is 1. The zero-order valence-electron chi connectivity index (χ0n) is 12.8. The zero-order valence-corrected chi connectivity index (χ0v) is 13.6. The summed E-state index contributed by atoms with van der Waals surface area (Å²) in [5.74, 6) is -1.27. The molecule has 0 radical (unpaired) electrons. The number of hydrogen-bond acceptors (Lipinski definition) is 4. The minimum atomic E-state index is -0.637. The van der Waals surface area contributed by atoms with Crippen LogP contribution in [-0.2, 0) is 4.74 Å². The number of amides is 1. The van der Waals surface area contributed by atoms with E-state index < -0.39 is 17.4 Å². The van der Waals surface area contributed by atoms with E-state index in [0.717, 1.165) is 5.56 Å². The molecule has 1 amide bonds. The van der Waals surface area contributed by atoms with Crippen LogP contribution >= 0.6 is 11.6 Å². The number of ether oxygens (including phenoxy) is 1. The van der Waals surface area contributed by atoms with Gasteiger partial charge in [0.1, 0.15) is 5.56 Å². The van der Waals surface area contributed by atoms with Crippen molar-refractivity contribution in [1.82, 2.24) is 4.98 Å². The largest absolute Gasteiger partial charge is 0.465 e. The average Bonchev–Trinajstić information content (AvgIpc) is 2.50. The van der Waals surface area contributed by atoms with Crippen molar-refractivity contribution in [3.8, 4) is 0 Å². The molecule has 7 heteroatoms. The van der Waals surface area contributed by atoms with Crippen molar-refractivity contribution in [3.63, 3.8) is 0 Å². The molecule has 0 atom stereocenters. The Kier molecular flexibility index (Phi) is 4.86. The van der Waals surface area contributed by atoms with Gasteiger partial charge in [-0.2, -0.15) is 0 Å². The molecule has 2 N–H and O–H groups in total. The van der Waals surface area contributed by atoms with Crippen molar-refractivity contribution in [3.05, 3.63) is 62.0 Å². The molecule has 0 unspecified atom stereocenters. The fraction of sp³-hybridized carbons (Fsp3) is 0.188. The molecule has 1 heterocycles. The van der Waals surface area contributed by atoms with Crippen molar-refractivity contribution in [2.24, 2.45) is 0 Å². The predicted molar refractivity (Wildman–Crippen MR) is 87.3 cm³/mol. The first-order chi connectivity index (χ1) is 10.8. The molecule has 120 valence electrons. The van der Waals surface area contributed by atoms with Gasteiger partial charge in [-0.3, -0.25) is 9.59 Å². The number of rotatable bonds is 3. The summed E-state index contributed by atoms with van der Waals surface area (Å²) in [4.78, 5) is 38.5. The number of methoxy groups -OCH3 is 1. The number of benzene rings is 1. The number of pyridine rings is 1. The van der Waals surface area contributed by atoms with E-state index in [1.54, 1.807) is 32.0 Å². The molecule has 1 aromatic heterocycles. The van der Waals surface area contributed by atoms with E-state index >= 15 is 0 Å². The van der Waals surface area contributed by atoms with Crippen molar-refractivity contribution in [1.29, 1.82) is 0 Å². The summed E-state index contributed by atoms with van der Waals surface area (Å²) >= 11 is 5.90. The van der Waals surface area contributed by atoms with E-state index in [0.29, 0.717) is 16.4 Å². The maximum atomic E-state index is 12.3. The standard InChI is InChI=1S/C16H15ClN2O4/c1-8-4-5-10(17)6-13(8)19-15(21)12-7-11(16(22)23-3)9(2)18-14(12)20/h4-7H,1-3H3,(H,18,20)(H,19,21). The summed E-state index contributed by atoms with van der Waals surface area (Å²) in [6.45, 7) is 3.35. The zero-order chi connectivity index (χ0) is 17.1. The summed E-state index contributed by atoms with van der Waals surface area (Å²) in [6, 6.07) is 6.24. The summed E-state index contributed by atoms with van der Waals surface area (Å²) in [5.41, 5.74) is 0.960. The monoisotopic (exact) mass is 334 g/mol. The van der Waals surface area contributed by atoms with Crippen LogP contribution in [-0.4, -0.2) is 24.0 Å². The first-order valence-electron chi connectivity index (χ1n) is 6.73. The minimum absolute atomic E-state index is 0.125. The Hall–Kier alpha value is -2.60. The van der Waals surface area contributed by atoms with Crippen molar-refractivity contribution in [2.75, 3.05) is 12.4 Å². The molecule has 2 rings (SSSR count). The molecule has 2 aromatic rings. The first kappa shape index (κ1) is 16.8. The molecule has 0 aliphatic carbocycles. The molecule has 6 nitrogen and oxygen atoms in total. The molecule has 1 aromatic carbocycles. The van der Waals surface area contributed by atoms with E-state index in [2.05, 4.69) is 15.0 Å². The number of aromatic nitrogens is 1. The molecule has 23 heavy (non-hydrogen) atoms. The highest BCUT2D eigenvalue weighted by Crippen LogP contribution is 2.20. The van der Waals surface area contributed by atoms with Gasteiger partial charge in [-0.25, -0.2) is 4.79 Å². The normalized spacial score (nSPS) is 10.3. The lowest BCUT2D eigenvalue weighted by Gasteiger charge is -2.10. The van der Waals surface area contributed by atoms with Crippen molar-refractivity contribution in [2.45, 2.75) is 13.8 Å². The van der Waals surface area contributed by atoms with Gasteiger partial charge in [-0.05, 0) is 37.6 Å². The van der Waals surface area contributed by atoms with Gasteiger partial charge in [0.15, 0.2) is 0 Å². The van der Waals surface area contributed by atoms with Crippen LogP contribution in [0.25, 0.3) is 0 Å². The molecule has 0 saturated carbocycles. The summed E-state index contributed by atoms with van der Waals surface area (Å²) in [5, 5.41) is 3.07. The van der Waals surface area contributed by atoms with Gasteiger partial charge in [-0.1, -0.05) is 17.7 Å². The molecule has 0 bridgehead atoms. The predicted octanol–water partition coefficient (Wildman–Crippen LogP) is 2.68. The van der Waals surface area contributed by atoms with E-state index in [1.807, 2.05) is 0 Å². The van der Waals surface area contributed by atoms with Crippen LogP contribution in [0.15, 0.2) is 29.1 Å². The third-order valence-corrected chi connectivity index (χ3v) is 3.57. The SMILES string of the molecule is COC(=O)c1cc(C(=O)Nc2cc(Cl)ccc2C)c(=O)[nH]c1C. The van der Waals surface area contributed by atoms with Crippen LogP contribution in [0.3, 0.4) is 0 Å². The lowest BCUT2D eigenvalue weighted by atomic mass is 10.1. The number of carbonyl (C=O) groups is 2. The van der Waals surface area contributed by atoms with Crippen LogP contribution in [0, 0.1) is 13.8 Å². The lowest BCUT2D eigenvalue weighted by Crippen LogP contribution is -2.25. The molecular formula is C16H15ClN2O4. The molecule has 0 saturated heterocycles. The van der Waals surface area contributed by atoms with Crippen LogP contribution in [0.1, 0.15) is 32.0 Å². The Morgan fingerprint density at radius 3 is 2.52 bits per heavy atom. The number of aryl methyl sites for hydroxylation is 2. The molecule has 0 aliphatic heterocycles. The first-order valence-corrected chi connectivity index (χ1v) is 7.11. The Morgan fingerprint density at radius 2 is 1.87 bits per heavy atom. The fourth-order valence-corrected chi connectivity index (χ4v) is 2.20. The maximum absolute atomic E-state index is 12.3. The number of hydrogen-bond donors (Lipinski definition) is 2. The van der Waals surface area contributed by atoms with Gasteiger partial charge >= 0.3 is 5.97 Å². The molecule has 0 aliphatic rings. The second-order valence-corrected chi connectivity index (χ2v) is 5.39. The van der Waals surface area contributed by atoms with Crippen molar-refractivity contribution < 1.29 is 14.3 Å². The van der Waals surface area contributed by atoms with Crippen LogP contribution in [0.2, 0.25) is 5.02 Å². The topological polar surface area (TPSA) is 88.3 Å². The summed E-state index contributed by atoms with van der Waals surface area (Å²) in [6.07, 6.45) is 0. The van der Waals surface area contributed by atoms with Gasteiger partial charge in [0.2, 0.25) is 0 Å². The summed E-state index contributed by atoms with van der Waals surface area (Å²) < 4.78 is 4.63. The number of halogens is 1. The van der Waals surface area contributed by atoms with Crippen molar-refractivity contribution >= 4 is 29.2 Å². The van der Waals surface area contributed by atoms with Crippen LogP contribution in [0.4, 0.5) is 5.69 Å². The number of nitrogens with one attached hydrogen (secondary N) is 2. The third kappa shape index (κ3) is 3.60. The van der Waals surface area contributed by atoms with E-state index in [1.165, 1.54) is 13.2 Å².